The number of phosphoric ester groups is 1. The van der Waals surface area contributed by atoms with Crippen LogP contribution in [0.15, 0.2) is 122 Å². The first-order valence-corrected chi connectivity index (χ1v) is 30.9. The van der Waals surface area contributed by atoms with Gasteiger partial charge in [0.05, 0.1) is 19.8 Å². The minimum Gasteiger partial charge on any atom is -0.462 e. The molecule has 432 valence electrons. The molecule has 0 fully saturated rings. The molecule has 2 N–H and O–H groups in total. The third-order valence-electron chi connectivity index (χ3n) is 11.9. The topological polar surface area (TPSA) is 155 Å². The third-order valence-corrected chi connectivity index (χ3v) is 12.9. The standard InChI is InChI=1S/C64H105O11P/c1-4-7-10-13-16-19-22-25-27-29-30-32-34-37-40-43-46-49-52-55-64(68)75-61(57-71-62(66)53-50-47-44-41-38-36-33-31-28-26-23-20-17-14-11-8-5-2)59-73-76(69,70)72-58-60(56-65)74-63(67)54-51-48-45-42-39-35-24-21-18-15-12-9-6-3/h7,9-10,12,16,18-19,21,25,27,30,32,35,37,39-40,45-46,48-49,60-61,65H,4-6,8,11,13-15,17,20,22-24,26,28-29,31,33-34,36,38,41-44,47,50-59H2,1-3H3,(H,69,70)/b10-7-,12-9-,19-16-,21-18-,27-25-,32-30-,39-35-,40-37-,48-45-,49-46-. The van der Waals surface area contributed by atoms with Gasteiger partial charge in [0.2, 0.25) is 0 Å². The zero-order valence-corrected chi connectivity index (χ0v) is 48.6. The Kier molecular flexibility index (Phi) is 54.0. The van der Waals surface area contributed by atoms with Crippen molar-refractivity contribution in [2.24, 2.45) is 0 Å². The van der Waals surface area contributed by atoms with Crippen molar-refractivity contribution in [3.05, 3.63) is 122 Å². The van der Waals surface area contributed by atoms with Crippen LogP contribution < -0.4 is 0 Å². The zero-order valence-electron chi connectivity index (χ0n) is 47.7. The van der Waals surface area contributed by atoms with E-state index in [9.17, 15) is 28.9 Å². The summed E-state index contributed by atoms with van der Waals surface area (Å²) in [4.78, 5) is 48.5. The molecule has 0 spiro atoms. The summed E-state index contributed by atoms with van der Waals surface area (Å²) >= 11 is 0. The monoisotopic (exact) mass is 1080 g/mol. The largest absolute Gasteiger partial charge is 0.472 e. The number of carbonyl (C=O) groups is 3. The second kappa shape index (κ2) is 57.1. The van der Waals surface area contributed by atoms with E-state index in [1.165, 1.54) is 83.5 Å². The van der Waals surface area contributed by atoms with Crippen molar-refractivity contribution in [3.63, 3.8) is 0 Å². The van der Waals surface area contributed by atoms with Crippen LogP contribution in [0.25, 0.3) is 0 Å². The number of hydrogen-bond acceptors (Lipinski definition) is 10. The highest BCUT2D eigenvalue weighted by Crippen LogP contribution is 2.43. The number of ether oxygens (including phenoxy) is 3. The van der Waals surface area contributed by atoms with Crippen molar-refractivity contribution < 1.29 is 52.2 Å². The Morgan fingerprint density at radius 3 is 1.03 bits per heavy atom. The minimum absolute atomic E-state index is 0.0327. The van der Waals surface area contributed by atoms with Gasteiger partial charge in [0.1, 0.15) is 12.7 Å². The number of unbranched alkanes of at least 4 members (excludes halogenated alkanes) is 16. The van der Waals surface area contributed by atoms with E-state index in [4.69, 9.17) is 23.3 Å². The molecular weight excluding hydrogens is 976 g/mol. The van der Waals surface area contributed by atoms with Crippen LogP contribution in [-0.4, -0.2) is 66.5 Å². The summed E-state index contributed by atoms with van der Waals surface area (Å²) in [7, 11) is -4.79. The first-order chi connectivity index (χ1) is 37.2. The molecule has 0 aromatic heterocycles. The summed E-state index contributed by atoms with van der Waals surface area (Å²) in [5.74, 6) is -1.66. The molecule has 3 unspecified atom stereocenters. The maximum atomic E-state index is 12.9. The summed E-state index contributed by atoms with van der Waals surface area (Å²) < 4.78 is 39.4. The highest BCUT2D eigenvalue weighted by molar-refractivity contribution is 7.47. The van der Waals surface area contributed by atoms with Crippen LogP contribution in [0.4, 0.5) is 0 Å². The second-order valence-electron chi connectivity index (χ2n) is 19.0. The van der Waals surface area contributed by atoms with E-state index in [-0.39, 0.29) is 25.9 Å². The van der Waals surface area contributed by atoms with Crippen molar-refractivity contribution in [1.29, 1.82) is 0 Å². The maximum absolute atomic E-state index is 12.9. The fourth-order valence-electron chi connectivity index (χ4n) is 7.51. The minimum atomic E-state index is -4.79. The molecule has 0 aromatic carbocycles. The van der Waals surface area contributed by atoms with E-state index >= 15 is 0 Å². The normalized spacial score (nSPS) is 14.2. The summed E-state index contributed by atoms with van der Waals surface area (Å²) in [6.07, 6.45) is 70.5. The third kappa shape index (κ3) is 54.7. The fourth-order valence-corrected chi connectivity index (χ4v) is 8.30. The molecule has 0 aromatic rings. The Hall–Kier alpha value is -4.12. The van der Waals surface area contributed by atoms with Gasteiger partial charge in [0.15, 0.2) is 6.10 Å². The molecule has 0 amide bonds. The number of hydrogen-bond donors (Lipinski definition) is 2. The lowest BCUT2D eigenvalue weighted by Gasteiger charge is -2.21. The molecule has 0 saturated carbocycles. The summed E-state index contributed by atoms with van der Waals surface area (Å²) in [5.41, 5.74) is 0. The number of rotatable bonds is 53. The van der Waals surface area contributed by atoms with Gasteiger partial charge in [-0.2, -0.15) is 0 Å². The number of aliphatic hydroxyl groups is 1. The van der Waals surface area contributed by atoms with Gasteiger partial charge >= 0.3 is 25.7 Å². The van der Waals surface area contributed by atoms with Gasteiger partial charge in [-0.05, 0) is 83.5 Å². The average molecular weight is 1080 g/mol. The van der Waals surface area contributed by atoms with Crippen molar-refractivity contribution in [2.45, 2.75) is 238 Å². The van der Waals surface area contributed by atoms with E-state index < -0.39 is 57.8 Å². The van der Waals surface area contributed by atoms with Crippen LogP contribution in [0.1, 0.15) is 226 Å². The number of aliphatic hydroxyl groups excluding tert-OH is 1. The fraction of sp³-hybridized carbons (Fsp3) is 0.641. The van der Waals surface area contributed by atoms with Crippen LogP contribution in [0.3, 0.4) is 0 Å². The average Bonchev–Trinajstić information content (AvgIpc) is 3.41. The summed E-state index contributed by atoms with van der Waals surface area (Å²) in [5, 5.41) is 9.79. The molecule has 11 nitrogen and oxygen atoms in total. The highest BCUT2D eigenvalue weighted by Gasteiger charge is 2.28. The Labute approximate surface area is 462 Å². The molecular formula is C64H105O11P. The van der Waals surface area contributed by atoms with Gasteiger partial charge in [-0.15, -0.1) is 0 Å². The molecule has 12 heteroatoms. The van der Waals surface area contributed by atoms with Crippen molar-refractivity contribution >= 4 is 25.7 Å². The van der Waals surface area contributed by atoms with Gasteiger partial charge in [-0.25, -0.2) is 4.57 Å². The zero-order chi connectivity index (χ0) is 55.5. The Bertz CT molecular complexity index is 1740. The van der Waals surface area contributed by atoms with Crippen molar-refractivity contribution in [1.82, 2.24) is 0 Å². The first kappa shape index (κ1) is 71.9. The maximum Gasteiger partial charge on any atom is 0.472 e. The molecule has 0 aliphatic carbocycles. The summed E-state index contributed by atoms with van der Waals surface area (Å²) in [6, 6.07) is 0. The molecule has 3 atom stereocenters. The van der Waals surface area contributed by atoms with Gasteiger partial charge in [0, 0.05) is 19.3 Å². The number of phosphoric acid groups is 1. The first-order valence-electron chi connectivity index (χ1n) is 29.4. The molecule has 0 aliphatic rings. The van der Waals surface area contributed by atoms with Gasteiger partial charge in [-0.3, -0.25) is 23.4 Å². The molecule has 0 heterocycles. The predicted molar refractivity (Wildman–Crippen MR) is 316 cm³/mol. The van der Waals surface area contributed by atoms with Crippen molar-refractivity contribution in [3.8, 4) is 0 Å². The van der Waals surface area contributed by atoms with Crippen LogP contribution in [0, 0.1) is 0 Å². The van der Waals surface area contributed by atoms with E-state index in [0.717, 1.165) is 77.0 Å². The highest BCUT2D eigenvalue weighted by atomic mass is 31.2. The molecule has 0 bridgehead atoms. The lowest BCUT2D eigenvalue weighted by atomic mass is 10.0. The van der Waals surface area contributed by atoms with Crippen LogP contribution in [0.2, 0.25) is 0 Å². The van der Waals surface area contributed by atoms with Gasteiger partial charge < -0.3 is 24.2 Å². The van der Waals surface area contributed by atoms with Crippen LogP contribution in [0.5, 0.6) is 0 Å². The predicted octanol–water partition coefficient (Wildman–Crippen LogP) is 17.6. The Morgan fingerprint density at radius 2 is 0.684 bits per heavy atom. The molecule has 76 heavy (non-hydrogen) atoms. The number of carbonyl (C=O) groups excluding carboxylic acids is 3. The van der Waals surface area contributed by atoms with Gasteiger partial charge in [0.25, 0.3) is 0 Å². The Balaban J connectivity index is 4.89. The van der Waals surface area contributed by atoms with E-state index in [1.807, 2.05) is 30.4 Å². The molecule has 0 radical (unpaired) electrons. The van der Waals surface area contributed by atoms with E-state index in [2.05, 4.69) is 112 Å². The molecule has 0 saturated heterocycles. The molecule has 0 rings (SSSR count). The van der Waals surface area contributed by atoms with Crippen LogP contribution in [-0.2, 0) is 42.2 Å². The quantitative estimate of drug-likeness (QED) is 0.0197. The van der Waals surface area contributed by atoms with E-state index in [1.54, 1.807) is 0 Å². The Morgan fingerprint density at radius 1 is 0.382 bits per heavy atom. The lowest BCUT2D eigenvalue weighted by Crippen LogP contribution is -2.30. The lowest BCUT2D eigenvalue weighted by molar-refractivity contribution is -0.161. The smallest absolute Gasteiger partial charge is 0.462 e. The summed E-state index contributed by atoms with van der Waals surface area (Å²) in [6.45, 7) is 4.25. The van der Waals surface area contributed by atoms with Gasteiger partial charge in [-0.1, -0.05) is 245 Å². The van der Waals surface area contributed by atoms with Crippen molar-refractivity contribution in [2.75, 3.05) is 26.4 Å². The second-order valence-corrected chi connectivity index (χ2v) is 20.5. The number of allylic oxidation sites excluding steroid dienone is 20. The SMILES string of the molecule is CC/C=C\C/C=C\C/C=C\C/C=C\C/C=C\C/C=C\CCC(=O)OC(COC(=O)CCCCCCCCCCCCCCCCCCC)COP(=O)(O)OCC(CO)OC(=O)CC/C=C\C/C=C\C/C=C\C/C=C\CC. The number of esters is 3. The molecule has 0 aliphatic heterocycles. The van der Waals surface area contributed by atoms with Crippen LogP contribution >= 0.6 is 7.82 Å². The van der Waals surface area contributed by atoms with E-state index in [0.29, 0.717) is 25.7 Å².